The number of rotatable bonds is 12. The van der Waals surface area contributed by atoms with Crippen LogP contribution in [0.1, 0.15) is 38.2 Å². The van der Waals surface area contributed by atoms with Gasteiger partial charge in [-0.1, -0.05) is 30.3 Å². The van der Waals surface area contributed by atoms with Crippen LogP contribution in [-0.2, 0) is 30.3 Å². The van der Waals surface area contributed by atoms with Gasteiger partial charge in [0.2, 0.25) is 0 Å². The molecule has 27 heavy (non-hydrogen) atoms. The fourth-order valence-electron chi connectivity index (χ4n) is 3.19. The first kappa shape index (κ1) is 21.8. The molecular weight excluding hydrogens is 348 g/mol. The highest BCUT2D eigenvalue weighted by Crippen LogP contribution is 2.32. The molecule has 0 amide bonds. The molecular formula is C21H32O6. The molecule has 0 radical (unpaired) electrons. The minimum absolute atomic E-state index is 0.201. The molecule has 1 aromatic rings. The van der Waals surface area contributed by atoms with E-state index < -0.39 is 5.60 Å². The molecule has 1 aliphatic carbocycles. The number of hydrogen-bond acceptors (Lipinski definition) is 6. The van der Waals surface area contributed by atoms with Crippen LogP contribution < -0.4 is 0 Å². The molecule has 2 rings (SSSR count). The van der Waals surface area contributed by atoms with Crippen LogP contribution in [0.4, 0.5) is 0 Å². The third-order valence-electron chi connectivity index (χ3n) is 4.61. The van der Waals surface area contributed by atoms with Gasteiger partial charge in [-0.05, 0) is 38.2 Å². The Morgan fingerprint density at radius 3 is 2.33 bits per heavy atom. The molecule has 2 unspecified atom stereocenters. The number of carbonyl (C=O) groups excluding carboxylic acids is 1. The van der Waals surface area contributed by atoms with Crippen LogP contribution in [0, 0.1) is 5.92 Å². The highest BCUT2D eigenvalue weighted by Gasteiger charge is 2.34. The zero-order valence-electron chi connectivity index (χ0n) is 16.2. The summed E-state index contributed by atoms with van der Waals surface area (Å²) in [5.41, 5.74) is 0.396. The average molecular weight is 380 g/mol. The van der Waals surface area contributed by atoms with Gasteiger partial charge in [0.1, 0.15) is 6.61 Å². The zero-order chi connectivity index (χ0) is 19.4. The van der Waals surface area contributed by atoms with Crippen molar-refractivity contribution in [2.24, 2.45) is 5.92 Å². The predicted molar refractivity (Wildman–Crippen MR) is 101 cm³/mol. The number of benzene rings is 1. The summed E-state index contributed by atoms with van der Waals surface area (Å²) in [5.74, 6) is -0.432. The second-order valence-electron chi connectivity index (χ2n) is 7.22. The Hall–Kier alpha value is -1.47. The summed E-state index contributed by atoms with van der Waals surface area (Å²) < 4.78 is 21.6. The van der Waals surface area contributed by atoms with Gasteiger partial charge in [-0.15, -0.1) is 0 Å². The molecule has 1 saturated carbocycles. The molecule has 1 aliphatic rings. The van der Waals surface area contributed by atoms with Crippen LogP contribution in [0.25, 0.3) is 0 Å². The Morgan fingerprint density at radius 1 is 1.04 bits per heavy atom. The van der Waals surface area contributed by atoms with Crippen LogP contribution in [0.3, 0.4) is 0 Å². The van der Waals surface area contributed by atoms with Crippen LogP contribution in [0.2, 0.25) is 0 Å². The van der Waals surface area contributed by atoms with Gasteiger partial charge in [-0.25, -0.2) is 0 Å². The van der Waals surface area contributed by atoms with Gasteiger partial charge in [-0.2, -0.15) is 0 Å². The molecule has 6 nitrogen and oxygen atoms in total. The first-order valence-electron chi connectivity index (χ1n) is 9.73. The summed E-state index contributed by atoms with van der Waals surface area (Å²) in [5, 5.41) is 10.0. The van der Waals surface area contributed by atoms with Gasteiger partial charge in [-0.3, -0.25) is 4.79 Å². The van der Waals surface area contributed by atoms with E-state index in [9.17, 15) is 9.90 Å². The van der Waals surface area contributed by atoms with Crippen molar-refractivity contribution in [3.05, 3.63) is 35.9 Å². The predicted octanol–water partition coefficient (Wildman–Crippen LogP) is 2.72. The molecule has 1 fully saturated rings. The van der Waals surface area contributed by atoms with E-state index in [1.165, 1.54) is 0 Å². The molecule has 152 valence electrons. The monoisotopic (exact) mass is 380 g/mol. The van der Waals surface area contributed by atoms with Crippen LogP contribution >= 0.6 is 0 Å². The third kappa shape index (κ3) is 9.33. The first-order chi connectivity index (χ1) is 13.1. The Balaban J connectivity index is 1.38. The normalized spacial score (nSPS) is 22.5. The van der Waals surface area contributed by atoms with E-state index >= 15 is 0 Å². The van der Waals surface area contributed by atoms with Crippen LogP contribution in [0.5, 0.6) is 0 Å². The van der Waals surface area contributed by atoms with E-state index in [0.29, 0.717) is 46.1 Å². The van der Waals surface area contributed by atoms with E-state index in [0.717, 1.165) is 24.8 Å². The molecule has 6 heteroatoms. The second-order valence-corrected chi connectivity index (χ2v) is 7.22. The van der Waals surface area contributed by atoms with E-state index in [2.05, 4.69) is 0 Å². The van der Waals surface area contributed by atoms with Crippen molar-refractivity contribution in [3.8, 4) is 0 Å². The van der Waals surface area contributed by atoms with Crippen molar-refractivity contribution in [2.75, 3.05) is 39.6 Å². The summed E-state index contributed by atoms with van der Waals surface area (Å²) in [6, 6.07) is 10.0. The number of carbonyl (C=O) groups is 1. The largest absolute Gasteiger partial charge is 0.463 e. The van der Waals surface area contributed by atoms with E-state index in [1.807, 2.05) is 30.3 Å². The lowest BCUT2D eigenvalue weighted by atomic mass is 9.79. The van der Waals surface area contributed by atoms with Gasteiger partial charge in [0.15, 0.2) is 0 Å². The highest BCUT2D eigenvalue weighted by atomic mass is 16.6. The lowest BCUT2D eigenvalue weighted by Crippen LogP contribution is -2.36. The molecule has 0 bridgehead atoms. The smallest absolute Gasteiger partial charge is 0.309 e. The van der Waals surface area contributed by atoms with Gasteiger partial charge in [0.25, 0.3) is 0 Å². The maximum Gasteiger partial charge on any atom is 0.309 e. The Morgan fingerprint density at radius 2 is 1.67 bits per heavy atom. The minimum atomic E-state index is -0.749. The highest BCUT2D eigenvalue weighted by molar-refractivity contribution is 5.72. The Kier molecular flexibility index (Phi) is 9.77. The molecule has 0 saturated heterocycles. The summed E-state index contributed by atoms with van der Waals surface area (Å²) in [6.07, 6.45) is 2.87. The third-order valence-corrected chi connectivity index (χ3v) is 4.61. The van der Waals surface area contributed by atoms with Crippen molar-refractivity contribution in [3.63, 3.8) is 0 Å². The lowest BCUT2D eigenvalue weighted by Gasteiger charge is -2.32. The Bertz CT molecular complexity index is 531. The fraction of sp³-hybridized carbons (Fsp3) is 0.667. The average Bonchev–Trinajstić information content (AvgIpc) is 2.66. The SMILES string of the molecule is CC1(O)CCCC(C(=O)OCCOCCOCCOCc2ccccc2)C1. The van der Waals surface area contributed by atoms with Gasteiger partial charge >= 0.3 is 5.97 Å². The number of aliphatic hydroxyl groups is 1. The fourth-order valence-corrected chi connectivity index (χ4v) is 3.19. The quantitative estimate of drug-likeness (QED) is 0.444. The maximum atomic E-state index is 12.0. The topological polar surface area (TPSA) is 74.2 Å². The molecule has 1 aromatic carbocycles. The molecule has 0 aliphatic heterocycles. The van der Waals surface area contributed by atoms with Crippen LogP contribution in [-0.4, -0.2) is 56.3 Å². The molecule has 0 spiro atoms. The van der Waals surface area contributed by atoms with Gasteiger partial charge in [0.05, 0.1) is 51.2 Å². The zero-order valence-corrected chi connectivity index (χ0v) is 16.2. The summed E-state index contributed by atoms with van der Waals surface area (Å²) in [6.45, 7) is 4.94. The van der Waals surface area contributed by atoms with Crippen LogP contribution in [0.15, 0.2) is 30.3 Å². The van der Waals surface area contributed by atoms with Crippen molar-refractivity contribution < 1.29 is 28.8 Å². The number of hydrogen-bond donors (Lipinski definition) is 1. The Labute approximate surface area is 161 Å². The van der Waals surface area contributed by atoms with E-state index in [4.69, 9.17) is 18.9 Å². The van der Waals surface area contributed by atoms with Gasteiger partial charge in [0, 0.05) is 0 Å². The van der Waals surface area contributed by atoms with Crippen molar-refractivity contribution in [1.82, 2.24) is 0 Å². The maximum absolute atomic E-state index is 12.0. The van der Waals surface area contributed by atoms with Crippen molar-refractivity contribution in [1.29, 1.82) is 0 Å². The summed E-state index contributed by atoms with van der Waals surface area (Å²) >= 11 is 0. The van der Waals surface area contributed by atoms with Crippen molar-refractivity contribution in [2.45, 2.75) is 44.8 Å². The summed E-state index contributed by atoms with van der Waals surface area (Å²) in [7, 11) is 0. The minimum Gasteiger partial charge on any atom is -0.463 e. The number of ether oxygens (including phenoxy) is 4. The van der Waals surface area contributed by atoms with Gasteiger partial charge < -0.3 is 24.1 Å². The second kappa shape index (κ2) is 12.1. The van der Waals surface area contributed by atoms with E-state index in [-0.39, 0.29) is 18.5 Å². The molecule has 0 heterocycles. The van der Waals surface area contributed by atoms with E-state index in [1.54, 1.807) is 6.92 Å². The van der Waals surface area contributed by atoms with Crippen molar-refractivity contribution >= 4 is 5.97 Å². The standard InChI is InChI=1S/C21H32O6/c1-21(23)9-5-8-19(16-21)20(22)27-15-14-25-11-10-24-12-13-26-17-18-6-3-2-4-7-18/h2-4,6-7,19,23H,5,8-17H2,1H3. The molecule has 2 atom stereocenters. The molecule has 0 aromatic heterocycles. The lowest BCUT2D eigenvalue weighted by molar-refractivity contribution is -0.154. The molecule has 1 N–H and O–H groups in total. The number of esters is 1. The first-order valence-corrected chi connectivity index (χ1v) is 9.73. The summed E-state index contributed by atoms with van der Waals surface area (Å²) in [4.78, 5) is 12.0.